The number of terminal acetylenes is 1. The number of hydrogen-bond acceptors (Lipinski definition) is 5. The van der Waals surface area contributed by atoms with E-state index in [1.807, 2.05) is 0 Å². The van der Waals surface area contributed by atoms with E-state index in [-0.39, 0.29) is 11.6 Å². The van der Waals surface area contributed by atoms with Gasteiger partial charge in [0.2, 0.25) is 0 Å². The molecule has 0 saturated carbocycles. The van der Waals surface area contributed by atoms with Crippen molar-refractivity contribution < 1.29 is 14.3 Å². The Morgan fingerprint density at radius 3 is 2.78 bits per heavy atom. The minimum Gasteiger partial charge on any atom is -0.490 e. The minimum atomic E-state index is -0.371. The van der Waals surface area contributed by atoms with Crippen LogP contribution in [0.15, 0.2) is 28.4 Å². The van der Waals surface area contributed by atoms with E-state index in [0.717, 1.165) is 12.8 Å². The zero-order valence-corrected chi connectivity index (χ0v) is 12.9. The summed E-state index contributed by atoms with van der Waals surface area (Å²) in [5, 5.41) is 11.0. The molecule has 2 heterocycles. The van der Waals surface area contributed by atoms with Crippen molar-refractivity contribution in [3.63, 3.8) is 0 Å². The van der Waals surface area contributed by atoms with Gasteiger partial charge in [-0.05, 0) is 18.2 Å². The maximum absolute atomic E-state index is 12.2. The second-order valence-electron chi connectivity index (χ2n) is 5.60. The van der Waals surface area contributed by atoms with Crippen molar-refractivity contribution in [1.82, 2.24) is 5.32 Å². The largest absolute Gasteiger partial charge is 0.490 e. The van der Waals surface area contributed by atoms with Crippen LogP contribution in [0.3, 0.4) is 0 Å². The number of carbonyl (C=O) groups is 1. The molecule has 0 fully saturated rings. The van der Waals surface area contributed by atoms with Gasteiger partial charge in [-0.15, -0.1) is 12.3 Å². The van der Waals surface area contributed by atoms with Gasteiger partial charge in [0.05, 0.1) is 13.2 Å². The van der Waals surface area contributed by atoms with Crippen molar-refractivity contribution in [2.45, 2.75) is 31.3 Å². The molecule has 1 N–H and O–H groups in total. The van der Waals surface area contributed by atoms with Crippen molar-refractivity contribution >= 4 is 5.91 Å². The lowest BCUT2D eigenvalue weighted by Crippen LogP contribution is -2.28. The molecule has 0 aliphatic carbocycles. The Balaban J connectivity index is 1.53. The number of nitrogens with zero attached hydrogens (tertiary/aromatic N) is 2. The van der Waals surface area contributed by atoms with Crippen molar-refractivity contribution in [2.75, 3.05) is 19.8 Å². The van der Waals surface area contributed by atoms with Gasteiger partial charge in [0.1, 0.15) is 0 Å². The number of ether oxygens (including phenoxy) is 2. The van der Waals surface area contributed by atoms with Crippen LogP contribution in [0.2, 0.25) is 0 Å². The van der Waals surface area contributed by atoms with Crippen LogP contribution in [-0.4, -0.2) is 31.3 Å². The van der Waals surface area contributed by atoms with E-state index < -0.39 is 0 Å². The fourth-order valence-corrected chi connectivity index (χ4v) is 2.45. The summed E-state index contributed by atoms with van der Waals surface area (Å²) in [5.74, 6) is 3.75. The number of rotatable bonds is 6. The maximum Gasteiger partial charge on any atom is 0.251 e. The van der Waals surface area contributed by atoms with Gasteiger partial charge < -0.3 is 14.8 Å². The van der Waals surface area contributed by atoms with Gasteiger partial charge in [-0.25, -0.2) is 0 Å². The van der Waals surface area contributed by atoms with Gasteiger partial charge in [-0.2, -0.15) is 10.2 Å². The predicted molar refractivity (Wildman–Crippen MR) is 84.7 cm³/mol. The Labute approximate surface area is 135 Å². The molecule has 2 aliphatic heterocycles. The summed E-state index contributed by atoms with van der Waals surface area (Å²) < 4.78 is 11.2. The quantitative estimate of drug-likeness (QED) is 0.820. The first-order chi connectivity index (χ1) is 11.2. The number of fused-ring (bicyclic) bond motifs is 1. The fraction of sp³-hybridized carbons (Fsp3) is 0.471. The number of benzene rings is 1. The van der Waals surface area contributed by atoms with Gasteiger partial charge in [0.25, 0.3) is 5.91 Å². The molecule has 23 heavy (non-hydrogen) atoms. The average molecular weight is 313 g/mol. The van der Waals surface area contributed by atoms with E-state index in [9.17, 15) is 4.79 Å². The van der Waals surface area contributed by atoms with Crippen LogP contribution < -0.4 is 14.8 Å². The lowest BCUT2D eigenvalue weighted by Gasteiger charge is -2.11. The summed E-state index contributed by atoms with van der Waals surface area (Å²) in [6, 6.07) is 5.23. The maximum atomic E-state index is 12.2. The third kappa shape index (κ3) is 3.81. The lowest BCUT2D eigenvalue weighted by molar-refractivity contribution is 0.0951. The summed E-state index contributed by atoms with van der Waals surface area (Å²) in [6.45, 7) is 1.73. The highest BCUT2D eigenvalue weighted by Crippen LogP contribution is 2.36. The highest BCUT2D eigenvalue weighted by atomic mass is 16.5. The van der Waals surface area contributed by atoms with Crippen LogP contribution in [0.4, 0.5) is 0 Å². The molecular weight excluding hydrogens is 294 g/mol. The minimum absolute atomic E-state index is 0.145. The summed E-state index contributed by atoms with van der Waals surface area (Å²) in [5.41, 5.74) is 0.182. The zero-order valence-electron chi connectivity index (χ0n) is 12.9. The van der Waals surface area contributed by atoms with Gasteiger partial charge >= 0.3 is 0 Å². The van der Waals surface area contributed by atoms with Crippen LogP contribution >= 0.6 is 0 Å². The summed E-state index contributed by atoms with van der Waals surface area (Å²) >= 11 is 0. The molecular formula is C17H19N3O3. The molecule has 6 nitrogen and oxygen atoms in total. The van der Waals surface area contributed by atoms with Crippen LogP contribution in [0.25, 0.3) is 0 Å². The van der Waals surface area contributed by atoms with E-state index in [2.05, 4.69) is 21.5 Å². The van der Waals surface area contributed by atoms with E-state index in [1.54, 1.807) is 18.2 Å². The van der Waals surface area contributed by atoms with Crippen molar-refractivity contribution in [1.29, 1.82) is 0 Å². The molecule has 0 unspecified atom stereocenters. The normalized spacial score (nSPS) is 17.0. The Bertz CT molecular complexity index is 658. The predicted octanol–water partition coefficient (Wildman–Crippen LogP) is 2.54. The molecule has 6 heteroatoms. The molecule has 0 bridgehead atoms. The van der Waals surface area contributed by atoms with Crippen LogP contribution in [-0.2, 0) is 0 Å². The van der Waals surface area contributed by atoms with Gasteiger partial charge in [0, 0.05) is 37.8 Å². The molecule has 1 amide bonds. The van der Waals surface area contributed by atoms with Gasteiger partial charge in [0.15, 0.2) is 17.2 Å². The highest BCUT2D eigenvalue weighted by molar-refractivity contribution is 5.94. The van der Waals surface area contributed by atoms with E-state index in [0.29, 0.717) is 49.7 Å². The zero-order chi connectivity index (χ0) is 16.1. The monoisotopic (exact) mass is 313 g/mol. The van der Waals surface area contributed by atoms with Crippen LogP contribution in [0.1, 0.15) is 36.0 Å². The van der Waals surface area contributed by atoms with Crippen LogP contribution in [0, 0.1) is 12.3 Å². The topological polar surface area (TPSA) is 72.3 Å². The first-order valence-electron chi connectivity index (χ1n) is 7.78. The average Bonchev–Trinajstić information content (AvgIpc) is 3.36. The molecule has 0 saturated heterocycles. The summed E-state index contributed by atoms with van der Waals surface area (Å²) in [4.78, 5) is 12.2. The smallest absolute Gasteiger partial charge is 0.251 e. The van der Waals surface area contributed by atoms with Crippen molar-refractivity contribution in [3.8, 4) is 23.8 Å². The molecule has 0 radical (unpaired) electrons. The molecule has 0 atom stereocenters. The Morgan fingerprint density at radius 1 is 1.26 bits per heavy atom. The van der Waals surface area contributed by atoms with E-state index in [1.165, 1.54) is 0 Å². The highest BCUT2D eigenvalue weighted by Gasteiger charge is 2.38. The van der Waals surface area contributed by atoms with Crippen LogP contribution in [0.5, 0.6) is 11.5 Å². The third-order valence-corrected chi connectivity index (χ3v) is 3.87. The standard InChI is InChI=1S/C17H19N3O3/c1-2-3-7-17(19-20-17)8-9-18-16(21)13-5-6-14-15(12-13)23-11-4-10-22-14/h1,5-6,12H,3-4,7-11H2,(H,18,21). The number of carbonyl (C=O) groups excluding carboxylic acids is 1. The Kier molecular flexibility index (Phi) is 4.47. The first kappa shape index (κ1) is 15.3. The molecule has 1 aromatic carbocycles. The molecule has 0 spiro atoms. The summed E-state index contributed by atoms with van der Waals surface area (Å²) in [7, 11) is 0. The molecule has 3 rings (SSSR count). The summed E-state index contributed by atoms with van der Waals surface area (Å²) in [6.07, 6.45) is 8.15. The fourth-order valence-electron chi connectivity index (χ4n) is 2.45. The first-order valence-corrected chi connectivity index (χ1v) is 7.78. The molecule has 120 valence electrons. The molecule has 0 aromatic heterocycles. The van der Waals surface area contributed by atoms with Crippen molar-refractivity contribution in [3.05, 3.63) is 23.8 Å². The van der Waals surface area contributed by atoms with E-state index >= 15 is 0 Å². The van der Waals surface area contributed by atoms with E-state index in [4.69, 9.17) is 15.9 Å². The van der Waals surface area contributed by atoms with Crippen molar-refractivity contribution in [2.24, 2.45) is 10.2 Å². The molecule has 2 aliphatic rings. The number of nitrogens with one attached hydrogen (secondary N) is 1. The lowest BCUT2D eigenvalue weighted by atomic mass is 10.0. The Morgan fingerprint density at radius 2 is 2.04 bits per heavy atom. The SMILES string of the molecule is C#CCCC1(CCNC(=O)c2ccc3c(c2)OCCCO3)N=N1. The number of hydrogen-bond donors (Lipinski definition) is 1. The second kappa shape index (κ2) is 6.69. The van der Waals surface area contributed by atoms with Gasteiger partial charge in [-0.1, -0.05) is 0 Å². The van der Waals surface area contributed by atoms with Gasteiger partial charge in [-0.3, -0.25) is 4.79 Å². The second-order valence-corrected chi connectivity index (χ2v) is 5.60. The number of amides is 1. The third-order valence-electron chi connectivity index (χ3n) is 3.87. The Hall–Kier alpha value is -2.55. The molecule has 1 aromatic rings.